The molecule has 0 radical (unpaired) electrons. The average molecular weight is 489 g/mol. The number of halogens is 2. The Balaban J connectivity index is 1.97. The van der Waals surface area contributed by atoms with E-state index in [4.69, 9.17) is 37.7 Å². The second-order valence-corrected chi connectivity index (χ2v) is 9.05. The highest BCUT2D eigenvalue weighted by Crippen LogP contribution is 2.30. The van der Waals surface area contributed by atoms with Crippen LogP contribution in [0.15, 0.2) is 71.7 Å². The fraction of sp³-hybridized carbons (Fsp3) is 0.240. The molecule has 0 unspecified atom stereocenters. The lowest BCUT2D eigenvalue weighted by Crippen LogP contribution is -2.28. The van der Waals surface area contributed by atoms with Crippen LogP contribution in [0.3, 0.4) is 0 Å². The Bertz CT molecular complexity index is 991. The first-order valence-electron chi connectivity index (χ1n) is 10.2. The SMILES string of the molecule is CCSC(=Nc1cc(Cl)ccc1Cl)N(Cc1ccc(OC)cc1)Cc1ccc(OC)cc1. The number of methoxy groups -OCH3 is 2. The molecule has 7 heteroatoms. The molecule has 168 valence electrons. The van der Waals surface area contributed by atoms with Gasteiger partial charge >= 0.3 is 0 Å². The van der Waals surface area contributed by atoms with E-state index in [2.05, 4.69) is 36.1 Å². The lowest BCUT2D eigenvalue weighted by atomic mass is 10.1. The Morgan fingerprint density at radius 1 is 0.844 bits per heavy atom. The molecule has 0 aliphatic rings. The smallest absolute Gasteiger partial charge is 0.165 e. The van der Waals surface area contributed by atoms with Crippen LogP contribution in [0.25, 0.3) is 0 Å². The fourth-order valence-electron chi connectivity index (χ4n) is 3.09. The van der Waals surface area contributed by atoms with Crippen molar-refractivity contribution < 1.29 is 9.47 Å². The molecule has 0 aliphatic heterocycles. The van der Waals surface area contributed by atoms with Crippen molar-refractivity contribution in [1.29, 1.82) is 0 Å². The van der Waals surface area contributed by atoms with Crippen molar-refractivity contribution in [3.05, 3.63) is 87.9 Å². The van der Waals surface area contributed by atoms with Gasteiger partial charge in [0.15, 0.2) is 5.17 Å². The summed E-state index contributed by atoms with van der Waals surface area (Å²) in [5.41, 5.74) is 2.96. The third-order valence-electron chi connectivity index (χ3n) is 4.73. The van der Waals surface area contributed by atoms with Gasteiger partial charge in [-0.1, -0.05) is 66.2 Å². The summed E-state index contributed by atoms with van der Waals surface area (Å²) in [7, 11) is 3.34. The van der Waals surface area contributed by atoms with Crippen LogP contribution in [0.1, 0.15) is 18.1 Å². The largest absolute Gasteiger partial charge is 0.497 e. The van der Waals surface area contributed by atoms with Crippen LogP contribution in [-0.4, -0.2) is 30.0 Å². The van der Waals surface area contributed by atoms with E-state index in [-0.39, 0.29) is 0 Å². The summed E-state index contributed by atoms with van der Waals surface area (Å²) in [6, 6.07) is 21.5. The van der Waals surface area contributed by atoms with Crippen LogP contribution >= 0.6 is 35.0 Å². The molecule has 0 aliphatic carbocycles. The number of ether oxygens (including phenoxy) is 2. The highest BCUT2D eigenvalue weighted by Gasteiger charge is 2.15. The van der Waals surface area contributed by atoms with Gasteiger partial charge in [0.25, 0.3) is 0 Å². The Morgan fingerprint density at radius 3 is 1.84 bits per heavy atom. The molecular formula is C25H26Cl2N2O2S. The molecule has 0 saturated carbocycles. The van der Waals surface area contributed by atoms with Gasteiger partial charge in [0.05, 0.1) is 24.9 Å². The Morgan fingerprint density at radius 2 is 1.38 bits per heavy atom. The molecule has 0 spiro atoms. The van der Waals surface area contributed by atoms with Crippen LogP contribution in [0.2, 0.25) is 10.0 Å². The highest BCUT2D eigenvalue weighted by atomic mass is 35.5. The monoisotopic (exact) mass is 488 g/mol. The highest BCUT2D eigenvalue weighted by molar-refractivity contribution is 8.13. The molecule has 0 atom stereocenters. The molecule has 3 aromatic rings. The zero-order chi connectivity index (χ0) is 22.9. The molecule has 0 fully saturated rings. The number of hydrogen-bond donors (Lipinski definition) is 0. The van der Waals surface area contributed by atoms with Gasteiger partial charge in [-0.15, -0.1) is 0 Å². The van der Waals surface area contributed by atoms with Gasteiger partial charge in [-0.05, 0) is 59.3 Å². The lowest BCUT2D eigenvalue weighted by molar-refractivity contribution is 0.405. The van der Waals surface area contributed by atoms with Crippen molar-refractivity contribution in [2.75, 3.05) is 20.0 Å². The molecule has 0 bridgehead atoms. The maximum absolute atomic E-state index is 6.41. The van der Waals surface area contributed by atoms with E-state index in [1.165, 1.54) is 0 Å². The third kappa shape index (κ3) is 6.83. The first kappa shape index (κ1) is 24.3. The summed E-state index contributed by atoms with van der Waals surface area (Å²) in [5.74, 6) is 2.54. The number of aliphatic imine (C=N–C) groups is 1. The third-order valence-corrected chi connectivity index (χ3v) is 6.18. The summed E-state index contributed by atoms with van der Waals surface area (Å²) in [6.07, 6.45) is 0. The predicted molar refractivity (Wildman–Crippen MR) is 137 cm³/mol. The fourth-order valence-corrected chi connectivity index (χ4v) is 4.15. The summed E-state index contributed by atoms with van der Waals surface area (Å²) < 4.78 is 10.6. The molecular weight excluding hydrogens is 463 g/mol. The Hall–Kier alpha value is -2.34. The van der Waals surface area contributed by atoms with Gasteiger partial charge in [0.2, 0.25) is 0 Å². The maximum atomic E-state index is 6.41. The van der Waals surface area contributed by atoms with Gasteiger partial charge in [0.1, 0.15) is 11.5 Å². The van der Waals surface area contributed by atoms with Crippen LogP contribution in [0, 0.1) is 0 Å². The van der Waals surface area contributed by atoms with Gasteiger partial charge in [-0.25, -0.2) is 4.99 Å². The number of nitrogens with zero attached hydrogens (tertiary/aromatic N) is 2. The minimum Gasteiger partial charge on any atom is -0.497 e. The molecule has 3 rings (SSSR count). The molecule has 0 saturated heterocycles. The number of amidine groups is 1. The molecule has 0 heterocycles. The van der Waals surface area contributed by atoms with Crippen molar-refractivity contribution in [3.63, 3.8) is 0 Å². The van der Waals surface area contributed by atoms with Crippen molar-refractivity contribution in [1.82, 2.24) is 4.90 Å². The molecule has 32 heavy (non-hydrogen) atoms. The summed E-state index contributed by atoms with van der Waals surface area (Å²) in [5, 5.41) is 2.05. The van der Waals surface area contributed by atoms with Crippen LogP contribution in [0.5, 0.6) is 11.5 Å². The number of hydrogen-bond acceptors (Lipinski definition) is 4. The normalized spacial score (nSPS) is 11.3. The Kier molecular flexibility index (Phi) is 9.15. The van der Waals surface area contributed by atoms with Crippen LogP contribution in [0.4, 0.5) is 5.69 Å². The predicted octanol–water partition coefficient (Wildman–Crippen LogP) is 7.45. The first-order chi connectivity index (χ1) is 15.5. The van der Waals surface area contributed by atoms with Crippen LogP contribution in [-0.2, 0) is 13.1 Å². The van der Waals surface area contributed by atoms with Crippen molar-refractivity contribution in [2.45, 2.75) is 20.0 Å². The zero-order valence-corrected chi connectivity index (χ0v) is 20.7. The Labute approximate surface area is 204 Å². The lowest BCUT2D eigenvalue weighted by Gasteiger charge is -2.26. The van der Waals surface area contributed by atoms with Gasteiger partial charge in [-0.3, -0.25) is 0 Å². The summed E-state index contributed by atoms with van der Waals surface area (Å²) >= 11 is 14.3. The van der Waals surface area contributed by atoms with E-state index in [1.807, 2.05) is 24.3 Å². The van der Waals surface area contributed by atoms with Gasteiger partial charge in [-0.2, -0.15) is 0 Å². The van der Waals surface area contributed by atoms with Gasteiger partial charge in [0, 0.05) is 18.1 Å². The standard InChI is InChI=1S/C25H26Cl2N2O2S/c1-4-32-25(28-24-15-20(26)9-14-23(24)27)29(16-18-5-10-21(30-2)11-6-18)17-19-7-12-22(31-3)13-8-19/h5-15H,4,16-17H2,1-3H3. The quantitative estimate of drug-likeness (QED) is 0.243. The van der Waals surface area contributed by atoms with E-state index in [1.54, 1.807) is 44.2 Å². The molecule has 0 aromatic heterocycles. The van der Waals surface area contributed by atoms with E-state index >= 15 is 0 Å². The molecule has 0 N–H and O–H groups in total. The topological polar surface area (TPSA) is 34.1 Å². The molecule has 0 amide bonds. The van der Waals surface area contributed by atoms with Gasteiger partial charge < -0.3 is 14.4 Å². The average Bonchev–Trinajstić information content (AvgIpc) is 2.81. The van der Waals surface area contributed by atoms with Crippen molar-refractivity contribution in [2.24, 2.45) is 4.99 Å². The van der Waals surface area contributed by atoms with Crippen molar-refractivity contribution in [3.8, 4) is 11.5 Å². The second kappa shape index (κ2) is 12.0. The van der Waals surface area contributed by atoms with E-state index in [0.717, 1.165) is 33.5 Å². The number of rotatable bonds is 8. The van der Waals surface area contributed by atoms with E-state index < -0.39 is 0 Å². The second-order valence-electron chi connectivity index (χ2n) is 6.98. The van der Waals surface area contributed by atoms with E-state index in [9.17, 15) is 0 Å². The van der Waals surface area contributed by atoms with E-state index in [0.29, 0.717) is 28.8 Å². The van der Waals surface area contributed by atoms with Crippen molar-refractivity contribution >= 4 is 45.8 Å². The first-order valence-corrected chi connectivity index (χ1v) is 11.9. The number of benzene rings is 3. The molecule has 4 nitrogen and oxygen atoms in total. The minimum atomic E-state index is 0.567. The number of thioether (sulfide) groups is 1. The maximum Gasteiger partial charge on any atom is 0.165 e. The zero-order valence-electron chi connectivity index (χ0n) is 18.3. The molecule has 3 aromatic carbocycles. The minimum absolute atomic E-state index is 0.567. The summed E-state index contributed by atoms with van der Waals surface area (Å²) in [6.45, 7) is 3.47. The van der Waals surface area contributed by atoms with Crippen LogP contribution < -0.4 is 9.47 Å². The summed E-state index contributed by atoms with van der Waals surface area (Å²) in [4.78, 5) is 7.15.